The maximum atomic E-state index is 8.71. The second-order valence-electron chi connectivity index (χ2n) is 5.06. The number of hydrogen-bond acceptors (Lipinski definition) is 4. The third-order valence-corrected chi connectivity index (χ3v) is 3.69. The molecule has 5 heteroatoms. The summed E-state index contributed by atoms with van der Waals surface area (Å²) in [6.07, 6.45) is 4.83. The van der Waals surface area contributed by atoms with Crippen molar-refractivity contribution in [2.24, 2.45) is 10.9 Å². The van der Waals surface area contributed by atoms with Gasteiger partial charge in [-0.05, 0) is 36.5 Å². The standard InChI is InChI=1S/C16H17N3O2/c17-16(19-20)14-10-12(8-9-18-14)21-15-7-3-5-11-4-1-2-6-13(11)15/h1-2,4,6,8-10,15,20H,3,5,7H2,(H2,17,19). The minimum absolute atomic E-state index is 0.0236. The average Bonchev–Trinajstić information content (AvgIpc) is 2.55. The predicted octanol–water partition coefficient (Wildman–Crippen LogP) is 2.63. The summed E-state index contributed by atoms with van der Waals surface area (Å²) in [4.78, 5) is 4.05. The molecule has 1 heterocycles. The molecule has 0 fully saturated rings. The van der Waals surface area contributed by atoms with Crippen LogP contribution in [-0.4, -0.2) is 16.0 Å². The normalized spacial score (nSPS) is 18.1. The molecule has 3 N–H and O–H groups in total. The van der Waals surface area contributed by atoms with Crippen LogP contribution < -0.4 is 10.5 Å². The second-order valence-corrected chi connectivity index (χ2v) is 5.06. The van der Waals surface area contributed by atoms with Crippen LogP contribution in [0.2, 0.25) is 0 Å². The number of rotatable bonds is 3. The molecule has 1 aliphatic rings. The number of nitrogens with zero attached hydrogens (tertiary/aromatic N) is 2. The third-order valence-electron chi connectivity index (χ3n) is 3.69. The lowest BCUT2D eigenvalue weighted by atomic mass is 9.89. The van der Waals surface area contributed by atoms with E-state index in [2.05, 4.69) is 28.3 Å². The van der Waals surface area contributed by atoms with Crippen LogP contribution in [0.3, 0.4) is 0 Å². The number of hydrogen-bond donors (Lipinski definition) is 2. The first-order valence-corrected chi connectivity index (χ1v) is 6.96. The highest BCUT2D eigenvalue weighted by Gasteiger charge is 2.21. The molecule has 21 heavy (non-hydrogen) atoms. The summed E-state index contributed by atoms with van der Waals surface area (Å²) in [6, 6.07) is 11.8. The van der Waals surface area contributed by atoms with Crippen molar-refractivity contribution in [1.82, 2.24) is 4.98 Å². The molecule has 1 atom stereocenters. The number of aromatic nitrogens is 1. The van der Waals surface area contributed by atoms with Crippen molar-refractivity contribution >= 4 is 5.84 Å². The first-order chi connectivity index (χ1) is 10.3. The fraction of sp³-hybridized carbons (Fsp3) is 0.250. The van der Waals surface area contributed by atoms with Gasteiger partial charge < -0.3 is 15.7 Å². The molecule has 0 amide bonds. The van der Waals surface area contributed by atoms with E-state index in [9.17, 15) is 0 Å². The van der Waals surface area contributed by atoms with Crippen LogP contribution in [0.25, 0.3) is 0 Å². The Labute approximate surface area is 123 Å². The molecule has 1 aromatic carbocycles. The van der Waals surface area contributed by atoms with Gasteiger partial charge in [-0.15, -0.1) is 0 Å². The molecule has 108 valence electrons. The zero-order valence-electron chi connectivity index (χ0n) is 11.6. The summed E-state index contributed by atoms with van der Waals surface area (Å²) < 4.78 is 6.08. The molecule has 3 rings (SSSR count). The average molecular weight is 283 g/mol. The number of aryl methyl sites for hydroxylation is 1. The number of oxime groups is 1. The van der Waals surface area contributed by atoms with Crippen molar-refractivity contribution < 1.29 is 9.94 Å². The molecule has 5 nitrogen and oxygen atoms in total. The van der Waals surface area contributed by atoms with Crippen LogP contribution in [0.4, 0.5) is 0 Å². The van der Waals surface area contributed by atoms with Crippen LogP contribution in [0.5, 0.6) is 5.75 Å². The monoisotopic (exact) mass is 283 g/mol. The van der Waals surface area contributed by atoms with Crippen molar-refractivity contribution in [3.05, 3.63) is 59.4 Å². The van der Waals surface area contributed by atoms with Crippen LogP contribution >= 0.6 is 0 Å². The Bertz CT molecular complexity index is 670. The lowest BCUT2D eigenvalue weighted by molar-refractivity contribution is 0.183. The Morgan fingerprint density at radius 1 is 1.33 bits per heavy atom. The van der Waals surface area contributed by atoms with Crippen molar-refractivity contribution in [3.8, 4) is 5.75 Å². The number of ether oxygens (including phenoxy) is 1. The molecule has 1 unspecified atom stereocenters. The highest BCUT2D eigenvalue weighted by atomic mass is 16.5. The molecule has 0 saturated carbocycles. The van der Waals surface area contributed by atoms with E-state index in [0.717, 1.165) is 19.3 Å². The number of benzene rings is 1. The van der Waals surface area contributed by atoms with Gasteiger partial charge in [-0.25, -0.2) is 0 Å². The van der Waals surface area contributed by atoms with Crippen LogP contribution in [0.1, 0.15) is 35.8 Å². The summed E-state index contributed by atoms with van der Waals surface area (Å²) in [5, 5.41) is 11.7. The fourth-order valence-corrected chi connectivity index (χ4v) is 2.67. The van der Waals surface area contributed by atoms with Gasteiger partial charge in [0.25, 0.3) is 0 Å². The SMILES string of the molecule is NC(=NO)c1cc(OC2CCCc3ccccc32)ccn1. The van der Waals surface area contributed by atoms with Crippen molar-refractivity contribution in [2.45, 2.75) is 25.4 Å². The van der Waals surface area contributed by atoms with Gasteiger partial charge >= 0.3 is 0 Å². The van der Waals surface area contributed by atoms with E-state index in [-0.39, 0.29) is 11.9 Å². The Morgan fingerprint density at radius 3 is 3.05 bits per heavy atom. The molecule has 1 aromatic heterocycles. The molecule has 1 aliphatic carbocycles. The van der Waals surface area contributed by atoms with Crippen molar-refractivity contribution in [2.75, 3.05) is 0 Å². The minimum atomic E-state index is -0.0236. The van der Waals surface area contributed by atoms with Gasteiger partial charge in [-0.1, -0.05) is 29.4 Å². The Hall–Kier alpha value is -2.56. The number of pyridine rings is 1. The van der Waals surface area contributed by atoms with E-state index in [4.69, 9.17) is 15.7 Å². The quantitative estimate of drug-likeness (QED) is 0.393. The van der Waals surface area contributed by atoms with Crippen molar-refractivity contribution in [3.63, 3.8) is 0 Å². The summed E-state index contributed by atoms with van der Waals surface area (Å²) >= 11 is 0. The Kier molecular flexibility index (Phi) is 3.73. The van der Waals surface area contributed by atoms with Crippen LogP contribution in [-0.2, 0) is 6.42 Å². The number of nitrogens with two attached hydrogens (primary N) is 1. The second kappa shape index (κ2) is 5.83. The van der Waals surface area contributed by atoms with E-state index < -0.39 is 0 Å². The molecular formula is C16H17N3O2. The molecule has 0 saturated heterocycles. The molecule has 0 bridgehead atoms. The topological polar surface area (TPSA) is 80.7 Å². The van der Waals surface area contributed by atoms with E-state index in [1.165, 1.54) is 11.1 Å². The molecular weight excluding hydrogens is 266 g/mol. The van der Waals surface area contributed by atoms with Gasteiger partial charge in [0, 0.05) is 12.3 Å². The summed E-state index contributed by atoms with van der Waals surface area (Å²) in [7, 11) is 0. The predicted molar refractivity (Wildman–Crippen MR) is 79.5 cm³/mol. The van der Waals surface area contributed by atoms with Gasteiger partial charge in [0.05, 0.1) is 0 Å². The van der Waals surface area contributed by atoms with E-state index in [1.807, 2.05) is 6.07 Å². The number of amidine groups is 1. The largest absolute Gasteiger partial charge is 0.486 e. The van der Waals surface area contributed by atoms with E-state index >= 15 is 0 Å². The highest BCUT2D eigenvalue weighted by Crippen LogP contribution is 2.33. The first kappa shape index (κ1) is 13.4. The van der Waals surface area contributed by atoms with E-state index in [1.54, 1.807) is 18.3 Å². The maximum absolute atomic E-state index is 8.71. The lowest BCUT2D eigenvalue weighted by Gasteiger charge is -2.26. The van der Waals surface area contributed by atoms with E-state index in [0.29, 0.717) is 11.4 Å². The minimum Gasteiger partial charge on any atom is -0.486 e. The summed E-state index contributed by atoms with van der Waals surface area (Å²) in [5.41, 5.74) is 8.55. The zero-order valence-corrected chi connectivity index (χ0v) is 11.6. The van der Waals surface area contributed by atoms with Gasteiger partial charge in [0.15, 0.2) is 5.84 Å². The zero-order chi connectivity index (χ0) is 14.7. The van der Waals surface area contributed by atoms with Gasteiger partial charge in [-0.3, -0.25) is 4.98 Å². The molecule has 0 radical (unpaired) electrons. The number of fused-ring (bicyclic) bond motifs is 1. The lowest BCUT2D eigenvalue weighted by Crippen LogP contribution is -2.17. The van der Waals surface area contributed by atoms with Gasteiger partial charge in [-0.2, -0.15) is 0 Å². The van der Waals surface area contributed by atoms with Crippen LogP contribution in [0.15, 0.2) is 47.8 Å². The van der Waals surface area contributed by atoms with Gasteiger partial charge in [0.1, 0.15) is 17.5 Å². The first-order valence-electron chi connectivity index (χ1n) is 6.96. The van der Waals surface area contributed by atoms with Crippen molar-refractivity contribution in [1.29, 1.82) is 0 Å². The Morgan fingerprint density at radius 2 is 2.19 bits per heavy atom. The summed E-state index contributed by atoms with van der Waals surface area (Å²) in [6.45, 7) is 0. The molecule has 0 aliphatic heterocycles. The third kappa shape index (κ3) is 2.81. The highest BCUT2D eigenvalue weighted by molar-refractivity contribution is 5.95. The summed E-state index contributed by atoms with van der Waals surface area (Å²) in [5.74, 6) is 0.651. The fourth-order valence-electron chi connectivity index (χ4n) is 2.67. The maximum Gasteiger partial charge on any atom is 0.188 e. The van der Waals surface area contributed by atoms with Gasteiger partial charge in [0.2, 0.25) is 0 Å². The smallest absolute Gasteiger partial charge is 0.188 e. The van der Waals surface area contributed by atoms with Crippen LogP contribution in [0, 0.1) is 0 Å². The molecule has 2 aromatic rings. The molecule has 0 spiro atoms. The Balaban J connectivity index is 1.85.